The van der Waals surface area contributed by atoms with Crippen molar-refractivity contribution in [3.63, 3.8) is 0 Å². The third-order valence-electron chi connectivity index (χ3n) is 6.28. The van der Waals surface area contributed by atoms with Crippen molar-refractivity contribution >= 4 is 0 Å². The number of nitrogens with zero attached hydrogens (tertiary/aromatic N) is 6. The smallest absolute Gasteiger partial charge is 0.180 e. The second kappa shape index (κ2) is 11.5. The average Bonchev–Trinajstić information content (AvgIpc) is 3.03. The molecule has 0 unspecified atom stereocenters. The van der Waals surface area contributed by atoms with E-state index in [4.69, 9.17) is 15.8 Å². The highest BCUT2D eigenvalue weighted by Crippen LogP contribution is 2.49. The molecule has 0 aliphatic carbocycles. The number of pyridine rings is 1. The van der Waals surface area contributed by atoms with Crippen molar-refractivity contribution in [3.05, 3.63) is 97.9 Å². The lowest BCUT2D eigenvalue weighted by Gasteiger charge is -2.21. The van der Waals surface area contributed by atoms with Gasteiger partial charge in [-0.15, -0.1) is 0 Å². The van der Waals surface area contributed by atoms with Gasteiger partial charge in [0.2, 0.25) is 0 Å². The highest BCUT2D eigenvalue weighted by atomic mass is 19.2. The summed E-state index contributed by atoms with van der Waals surface area (Å²) in [5.74, 6) is -31.9. The fourth-order valence-corrected chi connectivity index (χ4v) is 4.33. The molecule has 0 aliphatic heterocycles. The third-order valence-corrected chi connectivity index (χ3v) is 6.28. The van der Waals surface area contributed by atoms with Gasteiger partial charge in [-0.3, -0.25) is 0 Å². The molecule has 18 heteroatoms. The quantitative estimate of drug-likeness (QED) is 0.172. The van der Waals surface area contributed by atoms with Crippen LogP contribution in [0.3, 0.4) is 0 Å². The highest BCUT2D eigenvalue weighted by Gasteiger charge is 2.39. The van der Waals surface area contributed by atoms with Gasteiger partial charge in [-0.25, -0.2) is 57.7 Å². The van der Waals surface area contributed by atoms with Crippen molar-refractivity contribution < 1.29 is 52.7 Å². The molecule has 0 amide bonds. The largest absolute Gasteiger partial charge is 0.225 e. The van der Waals surface area contributed by atoms with Gasteiger partial charge in [0.15, 0.2) is 81.2 Å². The van der Waals surface area contributed by atoms with Crippen LogP contribution in [0.1, 0.15) is 28.1 Å². The summed E-state index contributed by atoms with van der Waals surface area (Å²) < 4.78 is 181. The van der Waals surface area contributed by atoms with Gasteiger partial charge in [-0.05, 0) is 0 Å². The molecule has 3 aromatic carbocycles. The first-order valence-electron chi connectivity index (χ1n) is 11.3. The Morgan fingerprint density at radius 1 is 0.283 bits per heavy atom. The van der Waals surface area contributed by atoms with Crippen molar-refractivity contribution in [2.24, 2.45) is 0 Å². The van der Waals surface area contributed by atoms with Crippen molar-refractivity contribution in [1.82, 2.24) is 4.98 Å². The van der Waals surface area contributed by atoms with E-state index in [2.05, 4.69) is 4.98 Å². The third kappa shape index (κ3) is 4.30. The number of nitriles is 5. The standard InChI is InChI=1S/C28F12N6/c29-17-6(1-41)18(30)24(36)14(23(17)35)11-9(4-44)46-10(5-45)12(15-25(37)19(31)7(2-42)20(32)26(15)38)13(11)16-27(39)21(33)8(3-43)22(34)28(16)40. The van der Waals surface area contributed by atoms with Crippen LogP contribution < -0.4 is 0 Å². The number of rotatable bonds is 3. The normalized spacial score (nSPS) is 10.5. The van der Waals surface area contributed by atoms with Gasteiger partial charge in [0.1, 0.15) is 47.0 Å². The van der Waals surface area contributed by atoms with E-state index in [1.807, 2.05) is 0 Å². The topological polar surface area (TPSA) is 132 Å². The summed E-state index contributed by atoms with van der Waals surface area (Å²) in [4.78, 5) is 3.16. The highest BCUT2D eigenvalue weighted by molar-refractivity contribution is 5.99. The lowest BCUT2D eigenvalue weighted by Crippen LogP contribution is -2.13. The van der Waals surface area contributed by atoms with Crippen molar-refractivity contribution in [1.29, 1.82) is 26.3 Å². The maximum Gasteiger partial charge on any atom is 0.180 e. The summed E-state index contributed by atoms with van der Waals surface area (Å²) in [6.45, 7) is 0. The van der Waals surface area contributed by atoms with Crippen molar-refractivity contribution in [2.45, 2.75) is 0 Å². The fourth-order valence-electron chi connectivity index (χ4n) is 4.33. The van der Waals surface area contributed by atoms with Crippen LogP contribution in [0.4, 0.5) is 52.7 Å². The molecule has 46 heavy (non-hydrogen) atoms. The molecule has 4 aromatic rings. The Morgan fingerprint density at radius 2 is 0.500 bits per heavy atom. The van der Waals surface area contributed by atoms with Crippen molar-refractivity contribution in [2.75, 3.05) is 0 Å². The van der Waals surface area contributed by atoms with Gasteiger partial charge in [0, 0.05) is 16.7 Å². The monoisotopic (exact) mass is 648 g/mol. The molecule has 0 fully saturated rings. The second-order valence-electron chi connectivity index (χ2n) is 8.51. The molecule has 226 valence electrons. The molecular weight excluding hydrogens is 648 g/mol. The molecule has 0 aliphatic rings. The van der Waals surface area contributed by atoms with Crippen LogP contribution in [0, 0.1) is 126 Å². The van der Waals surface area contributed by atoms with E-state index in [9.17, 15) is 36.9 Å². The number of benzene rings is 3. The molecule has 0 N–H and O–H groups in total. The minimum Gasteiger partial charge on any atom is -0.225 e. The van der Waals surface area contributed by atoms with Crippen LogP contribution in [0.2, 0.25) is 0 Å². The van der Waals surface area contributed by atoms with Gasteiger partial charge in [0.05, 0.1) is 16.7 Å². The van der Waals surface area contributed by atoms with E-state index in [-0.39, 0.29) is 0 Å². The lowest BCUT2D eigenvalue weighted by molar-refractivity contribution is 0.452. The summed E-state index contributed by atoms with van der Waals surface area (Å²) in [7, 11) is 0. The Kier molecular flexibility index (Phi) is 8.08. The van der Waals surface area contributed by atoms with Gasteiger partial charge >= 0.3 is 0 Å². The maximum absolute atomic E-state index is 15.5. The molecule has 6 nitrogen and oxygen atoms in total. The van der Waals surface area contributed by atoms with Gasteiger partial charge in [0.25, 0.3) is 0 Å². The van der Waals surface area contributed by atoms with Crippen LogP contribution in [-0.4, -0.2) is 4.98 Å². The van der Waals surface area contributed by atoms with E-state index in [0.717, 1.165) is 24.3 Å². The predicted octanol–water partition coefficient (Wildman–Crippen LogP) is 7.11. The molecule has 1 aromatic heterocycles. The zero-order valence-corrected chi connectivity index (χ0v) is 21.2. The summed E-state index contributed by atoms with van der Waals surface area (Å²) >= 11 is 0. The summed E-state index contributed by atoms with van der Waals surface area (Å²) in [5.41, 5.74) is -22.6. The number of hydrogen-bond donors (Lipinski definition) is 0. The summed E-state index contributed by atoms with van der Waals surface area (Å²) in [5, 5.41) is 46.0. The van der Waals surface area contributed by atoms with E-state index >= 15 is 26.3 Å². The molecule has 0 spiro atoms. The van der Waals surface area contributed by atoms with Crippen LogP contribution in [0.15, 0.2) is 0 Å². The lowest BCUT2D eigenvalue weighted by atomic mass is 9.83. The molecule has 0 saturated heterocycles. The number of hydrogen-bond acceptors (Lipinski definition) is 6. The zero-order chi connectivity index (χ0) is 34.5. The minimum absolute atomic E-state index is 0.707. The maximum atomic E-state index is 15.5. The first-order chi connectivity index (χ1) is 21.7. The SMILES string of the molecule is N#Cc1nc(C#N)c(-c2c(F)c(F)c(C#N)c(F)c2F)c(-c2c(F)c(F)c(C#N)c(F)c2F)c1-c1c(F)c(F)c(C#N)c(F)c1F. The van der Waals surface area contributed by atoms with E-state index in [1.54, 1.807) is 0 Å². The summed E-state index contributed by atoms with van der Waals surface area (Å²) in [6.07, 6.45) is 0. The first-order valence-corrected chi connectivity index (χ1v) is 11.3. The summed E-state index contributed by atoms with van der Waals surface area (Å²) in [6, 6.07) is 4.10. The molecule has 0 radical (unpaired) electrons. The molecule has 0 atom stereocenters. The minimum atomic E-state index is -2.78. The number of aromatic nitrogens is 1. The molecule has 1 heterocycles. The Balaban J connectivity index is 2.55. The van der Waals surface area contributed by atoms with Crippen LogP contribution in [0.5, 0.6) is 0 Å². The van der Waals surface area contributed by atoms with Crippen LogP contribution in [0.25, 0.3) is 33.4 Å². The van der Waals surface area contributed by atoms with Crippen LogP contribution in [-0.2, 0) is 0 Å². The Hall–Kier alpha value is -6.58. The Morgan fingerprint density at radius 3 is 0.696 bits per heavy atom. The van der Waals surface area contributed by atoms with Crippen LogP contribution >= 0.6 is 0 Å². The Bertz CT molecular complexity index is 2100. The first kappa shape index (κ1) is 32.3. The Labute approximate surface area is 246 Å². The number of halogens is 12. The van der Waals surface area contributed by atoms with Gasteiger partial charge in [-0.2, -0.15) is 26.3 Å². The molecule has 4 rings (SSSR count). The van der Waals surface area contributed by atoms with Gasteiger partial charge in [-0.1, -0.05) is 0 Å². The predicted molar refractivity (Wildman–Crippen MR) is 124 cm³/mol. The molecule has 0 saturated carbocycles. The zero-order valence-electron chi connectivity index (χ0n) is 21.2. The molecule has 0 bridgehead atoms. The van der Waals surface area contributed by atoms with Gasteiger partial charge < -0.3 is 0 Å². The average molecular weight is 648 g/mol. The molecular formula is C28F12N6. The van der Waals surface area contributed by atoms with Crippen molar-refractivity contribution in [3.8, 4) is 63.7 Å². The van der Waals surface area contributed by atoms with E-state index in [0.29, 0.717) is 6.07 Å². The fraction of sp³-hybridized carbons (Fsp3) is 0. The van der Waals surface area contributed by atoms with E-state index < -0.39 is 131 Å². The second-order valence-corrected chi connectivity index (χ2v) is 8.51. The van der Waals surface area contributed by atoms with E-state index in [1.165, 1.54) is 0 Å².